The first-order chi connectivity index (χ1) is 11.3. The largest absolute Gasteiger partial charge is 0.493 e. The number of fused-ring (bicyclic) bond motifs is 1. The summed E-state index contributed by atoms with van der Waals surface area (Å²) in [5, 5.41) is 6.65. The molecule has 23 heavy (non-hydrogen) atoms. The number of rotatable bonds is 6. The van der Waals surface area contributed by atoms with E-state index in [0.29, 0.717) is 6.54 Å². The molecule has 3 aromatic carbocycles. The lowest BCUT2D eigenvalue weighted by molar-refractivity contribution is 0.315. The topological polar surface area (TPSA) is 21.3 Å². The van der Waals surface area contributed by atoms with Gasteiger partial charge in [0.15, 0.2) is 0 Å². The van der Waals surface area contributed by atoms with Crippen LogP contribution in [0, 0.1) is 0 Å². The standard InChI is InChI=1S/C20H20ClNO/c1-2-13-23-20-12-7-15-5-3-4-6-18(15)19(20)14-22-17-10-8-16(21)9-11-17/h3-12,22H,2,13-14H2,1H3. The Morgan fingerprint density at radius 2 is 1.74 bits per heavy atom. The fourth-order valence-corrected chi connectivity index (χ4v) is 2.73. The molecule has 0 heterocycles. The summed E-state index contributed by atoms with van der Waals surface area (Å²) in [5.74, 6) is 0.951. The van der Waals surface area contributed by atoms with Crippen LogP contribution in [0.25, 0.3) is 10.8 Å². The lowest BCUT2D eigenvalue weighted by atomic mass is 10.0. The summed E-state index contributed by atoms with van der Waals surface area (Å²) in [6, 6.07) is 20.3. The second-order valence-electron chi connectivity index (χ2n) is 5.47. The Hall–Kier alpha value is -2.19. The summed E-state index contributed by atoms with van der Waals surface area (Å²) in [4.78, 5) is 0. The van der Waals surface area contributed by atoms with Gasteiger partial charge >= 0.3 is 0 Å². The summed E-state index contributed by atoms with van der Waals surface area (Å²) in [5.41, 5.74) is 2.23. The first-order valence-corrected chi connectivity index (χ1v) is 8.28. The van der Waals surface area contributed by atoms with Crippen LogP contribution in [-0.2, 0) is 6.54 Å². The van der Waals surface area contributed by atoms with Crippen molar-refractivity contribution in [1.82, 2.24) is 0 Å². The molecule has 0 atom stereocenters. The summed E-state index contributed by atoms with van der Waals surface area (Å²) >= 11 is 5.94. The number of benzene rings is 3. The second-order valence-corrected chi connectivity index (χ2v) is 5.91. The third-order valence-corrected chi connectivity index (χ3v) is 4.02. The molecule has 0 aromatic heterocycles. The van der Waals surface area contributed by atoms with Gasteiger partial charge in [-0.1, -0.05) is 48.9 Å². The number of hydrogen-bond acceptors (Lipinski definition) is 2. The molecule has 3 rings (SSSR count). The van der Waals surface area contributed by atoms with Crippen LogP contribution in [0.2, 0.25) is 5.02 Å². The molecule has 0 saturated carbocycles. The second kappa shape index (κ2) is 7.38. The van der Waals surface area contributed by atoms with Crippen molar-refractivity contribution in [3.05, 3.63) is 71.2 Å². The molecule has 3 aromatic rings. The number of nitrogens with one attached hydrogen (secondary N) is 1. The predicted octanol–water partition coefficient (Wildman–Crippen LogP) is 5.89. The van der Waals surface area contributed by atoms with Crippen LogP contribution >= 0.6 is 11.6 Å². The van der Waals surface area contributed by atoms with E-state index in [-0.39, 0.29) is 0 Å². The van der Waals surface area contributed by atoms with E-state index in [1.165, 1.54) is 16.3 Å². The molecule has 1 N–H and O–H groups in total. The molecule has 0 aliphatic carbocycles. The lowest BCUT2D eigenvalue weighted by Crippen LogP contribution is -2.05. The monoisotopic (exact) mass is 325 g/mol. The van der Waals surface area contributed by atoms with E-state index in [9.17, 15) is 0 Å². The summed E-state index contributed by atoms with van der Waals surface area (Å²) in [6.45, 7) is 3.56. The fraction of sp³-hybridized carbons (Fsp3) is 0.200. The average Bonchev–Trinajstić information content (AvgIpc) is 2.59. The highest BCUT2D eigenvalue weighted by atomic mass is 35.5. The minimum Gasteiger partial charge on any atom is -0.493 e. The molecule has 0 aliphatic rings. The lowest BCUT2D eigenvalue weighted by Gasteiger charge is -2.15. The van der Waals surface area contributed by atoms with Crippen molar-refractivity contribution < 1.29 is 4.74 Å². The molecule has 0 saturated heterocycles. The normalized spacial score (nSPS) is 10.7. The smallest absolute Gasteiger partial charge is 0.124 e. The van der Waals surface area contributed by atoms with Crippen molar-refractivity contribution in [2.24, 2.45) is 0 Å². The van der Waals surface area contributed by atoms with Crippen LogP contribution < -0.4 is 10.1 Å². The minimum atomic E-state index is 0.710. The van der Waals surface area contributed by atoms with Crippen LogP contribution in [-0.4, -0.2) is 6.61 Å². The summed E-state index contributed by atoms with van der Waals surface area (Å²) in [6.07, 6.45) is 0.997. The van der Waals surface area contributed by atoms with Crippen LogP contribution in [0.4, 0.5) is 5.69 Å². The molecule has 0 amide bonds. The van der Waals surface area contributed by atoms with Gasteiger partial charge in [-0.2, -0.15) is 0 Å². The highest BCUT2D eigenvalue weighted by Gasteiger charge is 2.09. The molecule has 2 nitrogen and oxygen atoms in total. The van der Waals surface area contributed by atoms with Gasteiger partial charge in [-0.25, -0.2) is 0 Å². The van der Waals surface area contributed by atoms with Crippen LogP contribution in [0.1, 0.15) is 18.9 Å². The van der Waals surface area contributed by atoms with Crippen molar-refractivity contribution in [2.75, 3.05) is 11.9 Å². The third-order valence-electron chi connectivity index (χ3n) is 3.77. The maximum atomic E-state index is 5.94. The zero-order chi connectivity index (χ0) is 16.1. The molecule has 3 heteroatoms. The highest BCUT2D eigenvalue weighted by molar-refractivity contribution is 6.30. The molecular weight excluding hydrogens is 306 g/mol. The van der Waals surface area contributed by atoms with Crippen molar-refractivity contribution in [2.45, 2.75) is 19.9 Å². The first kappa shape index (κ1) is 15.7. The van der Waals surface area contributed by atoms with E-state index in [1.807, 2.05) is 24.3 Å². The van der Waals surface area contributed by atoms with Gasteiger partial charge < -0.3 is 10.1 Å². The average molecular weight is 326 g/mol. The molecule has 0 unspecified atom stereocenters. The number of ether oxygens (including phenoxy) is 1. The van der Waals surface area contributed by atoms with Crippen LogP contribution in [0.15, 0.2) is 60.7 Å². The van der Waals surface area contributed by atoms with Gasteiger partial charge in [0.2, 0.25) is 0 Å². The Labute approximate surface area is 142 Å². The van der Waals surface area contributed by atoms with Gasteiger partial charge in [-0.15, -0.1) is 0 Å². The zero-order valence-corrected chi connectivity index (χ0v) is 13.9. The number of anilines is 1. The Balaban J connectivity index is 1.90. The first-order valence-electron chi connectivity index (χ1n) is 7.91. The van der Waals surface area contributed by atoms with Gasteiger partial charge in [-0.05, 0) is 47.5 Å². The predicted molar refractivity (Wildman–Crippen MR) is 98.5 cm³/mol. The van der Waals surface area contributed by atoms with E-state index in [1.54, 1.807) is 0 Å². The Morgan fingerprint density at radius 3 is 2.52 bits per heavy atom. The maximum Gasteiger partial charge on any atom is 0.124 e. The zero-order valence-electron chi connectivity index (χ0n) is 13.2. The summed E-state index contributed by atoms with van der Waals surface area (Å²) < 4.78 is 5.94. The van der Waals surface area contributed by atoms with E-state index in [2.05, 4.69) is 48.6 Å². The molecule has 118 valence electrons. The third kappa shape index (κ3) is 3.77. The van der Waals surface area contributed by atoms with E-state index in [0.717, 1.165) is 29.5 Å². The van der Waals surface area contributed by atoms with Crippen molar-refractivity contribution >= 4 is 28.1 Å². The van der Waals surface area contributed by atoms with Crippen LogP contribution in [0.3, 0.4) is 0 Å². The van der Waals surface area contributed by atoms with Crippen molar-refractivity contribution in [3.8, 4) is 5.75 Å². The molecule has 0 aliphatic heterocycles. The molecule has 0 spiro atoms. The van der Waals surface area contributed by atoms with Gasteiger partial charge in [-0.3, -0.25) is 0 Å². The minimum absolute atomic E-state index is 0.710. The Bertz CT molecular complexity index is 783. The Morgan fingerprint density at radius 1 is 0.957 bits per heavy atom. The number of hydrogen-bond donors (Lipinski definition) is 1. The molecular formula is C20H20ClNO. The van der Waals surface area contributed by atoms with Gasteiger partial charge in [0, 0.05) is 22.8 Å². The van der Waals surface area contributed by atoms with E-state index in [4.69, 9.17) is 16.3 Å². The van der Waals surface area contributed by atoms with Gasteiger partial charge in [0.25, 0.3) is 0 Å². The SMILES string of the molecule is CCCOc1ccc2ccccc2c1CNc1ccc(Cl)cc1. The quantitative estimate of drug-likeness (QED) is 0.609. The van der Waals surface area contributed by atoms with Crippen LogP contribution in [0.5, 0.6) is 5.75 Å². The number of halogens is 1. The fourth-order valence-electron chi connectivity index (χ4n) is 2.60. The highest BCUT2D eigenvalue weighted by Crippen LogP contribution is 2.29. The van der Waals surface area contributed by atoms with Crippen molar-refractivity contribution in [3.63, 3.8) is 0 Å². The van der Waals surface area contributed by atoms with E-state index >= 15 is 0 Å². The van der Waals surface area contributed by atoms with E-state index < -0.39 is 0 Å². The molecule has 0 radical (unpaired) electrons. The summed E-state index contributed by atoms with van der Waals surface area (Å²) in [7, 11) is 0. The molecule has 0 fully saturated rings. The van der Waals surface area contributed by atoms with Crippen molar-refractivity contribution in [1.29, 1.82) is 0 Å². The van der Waals surface area contributed by atoms with Gasteiger partial charge in [0.05, 0.1) is 6.61 Å². The Kier molecular flexibility index (Phi) is 5.04. The van der Waals surface area contributed by atoms with Gasteiger partial charge in [0.1, 0.15) is 5.75 Å². The maximum absolute atomic E-state index is 5.94. The molecule has 0 bridgehead atoms.